The van der Waals surface area contributed by atoms with Gasteiger partial charge in [-0.2, -0.15) is 0 Å². The average molecular weight is 519 g/mol. The molecule has 36 heavy (non-hydrogen) atoms. The Morgan fingerprint density at radius 2 is 1.42 bits per heavy atom. The van der Waals surface area contributed by atoms with Crippen molar-refractivity contribution in [2.24, 2.45) is 0 Å². The molecule has 0 aliphatic rings. The summed E-state index contributed by atoms with van der Waals surface area (Å²) in [5.41, 5.74) is 4.80. The van der Waals surface area contributed by atoms with Gasteiger partial charge in [0.25, 0.3) is 5.91 Å². The largest absolute Gasteiger partial charge is 0.341 e. The zero-order chi connectivity index (χ0) is 25.7. The van der Waals surface area contributed by atoms with Gasteiger partial charge in [-0.25, -0.2) is 8.42 Å². The minimum absolute atomic E-state index is 0.158. The summed E-state index contributed by atoms with van der Waals surface area (Å²) in [6, 6.07) is 31.1. The van der Waals surface area contributed by atoms with E-state index in [1.165, 1.54) is 4.31 Å². The van der Waals surface area contributed by atoms with E-state index in [4.69, 9.17) is 11.6 Å². The summed E-state index contributed by atoms with van der Waals surface area (Å²) in [4.78, 5) is 13.2. The Morgan fingerprint density at radius 3 is 2.00 bits per heavy atom. The van der Waals surface area contributed by atoms with Crippen molar-refractivity contribution in [3.8, 4) is 0 Å². The molecule has 1 amide bonds. The van der Waals surface area contributed by atoms with Crippen LogP contribution >= 0.6 is 11.6 Å². The first kappa shape index (κ1) is 25.5. The summed E-state index contributed by atoms with van der Waals surface area (Å²) in [7, 11) is -3.55. The topological polar surface area (TPSA) is 66.5 Å². The molecule has 5 nitrogen and oxygen atoms in total. The van der Waals surface area contributed by atoms with Crippen molar-refractivity contribution >= 4 is 33.2 Å². The van der Waals surface area contributed by atoms with Crippen molar-refractivity contribution in [3.05, 3.63) is 136 Å². The average Bonchev–Trinajstić information content (AvgIpc) is 2.87. The molecule has 0 aliphatic heterocycles. The molecule has 1 N–H and O–H groups in total. The highest BCUT2D eigenvalue weighted by Crippen LogP contribution is 2.25. The Labute approximate surface area is 217 Å². The fourth-order valence-electron chi connectivity index (χ4n) is 3.91. The predicted octanol–water partition coefficient (Wildman–Crippen LogP) is 6.13. The fourth-order valence-corrected chi connectivity index (χ4v) is 4.93. The molecule has 0 unspecified atom stereocenters. The number of rotatable bonds is 8. The van der Waals surface area contributed by atoms with Crippen LogP contribution in [0.2, 0.25) is 5.02 Å². The highest BCUT2D eigenvalue weighted by Gasteiger charge is 2.20. The minimum Gasteiger partial charge on any atom is -0.341 e. The summed E-state index contributed by atoms with van der Waals surface area (Å²) in [5.74, 6) is -0.250. The Kier molecular flexibility index (Phi) is 7.77. The van der Waals surface area contributed by atoms with Crippen molar-refractivity contribution in [2.45, 2.75) is 19.5 Å². The number of hydrogen-bond acceptors (Lipinski definition) is 3. The van der Waals surface area contributed by atoms with E-state index in [0.29, 0.717) is 16.3 Å². The second-order valence-electron chi connectivity index (χ2n) is 8.67. The third kappa shape index (κ3) is 6.33. The Hall–Kier alpha value is -3.61. The summed E-state index contributed by atoms with van der Waals surface area (Å²) in [6.07, 6.45) is 1.16. The molecule has 4 rings (SSSR count). The first-order chi connectivity index (χ1) is 17.2. The van der Waals surface area contributed by atoms with E-state index in [9.17, 15) is 13.2 Å². The number of hydrogen-bond donors (Lipinski definition) is 1. The van der Waals surface area contributed by atoms with Crippen LogP contribution < -0.4 is 9.62 Å². The molecule has 4 aromatic carbocycles. The van der Waals surface area contributed by atoms with Crippen LogP contribution in [-0.2, 0) is 16.6 Å². The van der Waals surface area contributed by atoms with Gasteiger partial charge in [0.1, 0.15) is 0 Å². The van der Waals surface area contributed by atoms with Crippen LogP contribution in [0.1, 0.15) is 38.7 Å². The normalized spacial score (nSPS) is 12.1. The molecule has 0 radical (unpaired) electrons. The van der Waals surface area contributed by atoms with Gasteiger partial charge in [-0.1, -0.05) is 83.9 Å². The van der Waals surface area contributed by atoms with Crippen LogP contribution in [0.15, 0.2) is 103 Å². The number of anilines is 1. The quantitative estimate of drug-likeness (QED) is 0.305. The number of aryl methyl sites for hydroxylation is 1. The van der Waals surface area contributed by atoms with Crippen LogP contribution in [0, 0.1) is 6.92 Å². The molecule has 0 fully saturated rings. The fraction of sp³-hybridized carbons (Fsp3) is 0.138. The number of benzene rings is 4. The smallest absolute Gasteiger partial charge is 0.252 e. The van der Waals surface area contributed by atoms with Gasteiger partial charge >= 0.3 is 0 Å². The lowest BCUT2D eigenvalue weighted by Crippen LogP contribution is -2.30. The van der Waals surface area contributed by atoms with Gasteiger partial charge < -0.3 is 5.32 Å². The maximum absolute atomic E-state index is 13.2. The minimum atomic E-state index is -3.55. The van der Waals surface area contributed by atoms with E-state index in [0.717, 1.165) is 28.5 Å². The van der Waals surface area contributed by atoms with E-state index in [-0.39, 0.29) is 18.5 Å². The number of amides is 1. The number of nitrogens with one attached hydrogen (secondary N) is 1. The van der Waals surface area contributed by atoms with Crippen LogP contribution in [0.3, 0.4) is 0 Å². The zero-order valence-corrected chi connectivity index (χ0v) is 21.6. The van der Waals surface area contributed by atoms with Crippen molar-refractivity contribution in [3.63, 3.8) is 0 Å². The summed E-state index contributed by atoms with van der Waals surface area (Å²) in [6.45, 7) is 2.18. The van der Waals surface area contributed by atoms with Gasteiger partial charge in [0, 0.05) is 10.6 Å². The van der Waals surface area contributed by atoms with Gasteiger partial charge in [0.15, 0.2) is 0 Å². The molecular formula is C29H27ClN2O3S. The number of sulfonamides is 1. The molecule has 0 spiro atoms. The standard InChI is InChI=1S/C29H27ClN2O3S/c1-21-8-12-24(13-9-21)28(23-6-4-3-5-7-23)31-29(33)25-14-18-27(19-15-25)32(36(2,34)35)20-22-10-16-26(30)17-11-22/h3-19,28H,20H2,1-2H3,(H,31,33)/t28-/m0/s1. The van der Waals surface area contributed by atoms with Gasteiger partial charge in [0.2, 0.25) is 10.0 Å². The molecule has 7 heteroatoms. The van der Waals surface area contributed by atoms with Crippen molar-refractivity contribution in [1.82, 2.24) is 5.32 Å². The molecule has 0 aromatic heterocycles. The second kappa shape index (κ2) is 11.0. The molecule has 0 aliphatic carbocycles. The first-order valence-electron chi connectivity index (χ1n) is 11.5. The maximum atomic E-state index is 13.2. The molecule has 4 aromatic rings. The molecular weight excluding hydrogens is 492 g/mol. The molecule has 0 bridgehead atoms. The lowest BCUT2D eigenvalue weighted by molar-refractivity contribution is 0.0943. The van der Waals surface area contributed by atoms with E-state index >= 15 is 0 Å². The Morgan fingerprint density at radius 1 is 0.833 bits per heavy atom. The second-order valence-corrected chi connectivity index (χ2v) is 11.0. The van der Waals surface area contributed by atoms with Gasteiger partial charge in [-0.15, -0.1) is 0 Å². The van der Waals surface area contributed by atoms with Crippen molar-refractivity contribution in [2.75, 3.05) is 10.6 Å². The first-order valence-corrected chi connectivity index (χ1v) is 13.7. The number of carbonyl (C=O) groups is 1. The zero-order valence-electron chi connectivity index (χ0n) is 20.1. The maximum Gasteiger partial charge on any atom is 0.252 e. The van der Waals surface area contributed by atoms with Crippen LogP contribution in [0.4, 0.5) is 5.69 Å². The number of carbonyl (C=O) groups excluding carboxylic acids is 1. The molecule has 0 heterocycles. The highest BCUT2D eigenvalue weighted by molar-refractivity contribution is 7.92. The lowest BCUT2D eigenvalue weighted by atomic mass is 9.97. The Balaban J connectivity index is 1.57. The highest BCUT2D eigenvalue weighted by atomic mass is 35.5. The predicted molar refractivity (Wildman–Crippen MR) is 146 cm³/mol. The van der Waals surface area contributed by atoms with Crippen LogP contribution in [0.5, 0.6) is 0 Å². The molecule has 1 atom stereocenters. The van der Waals surface area contributed by atoms with Crippen molar-refractivity contribution in [1.29, 1.82) is 0 Å². The van der Waals surface area contributed by atoms with E-state index < -0.39 is 10.0 Å². The summed E-state index contributed by atoms with van der Waals surface area (Å²) >= 11 is 5.95. The van der Waals surface area contributed by atoms with Gasteiger partial charge in [-0.05, 0) is 60.0 Å². The number of nitrogens with zero attached hydrogens (tertiary/aromatic N) is 1. The lowest BCUT2D eigenvalue weighted by Gasteiger charge is -2.23. The molecule has 0 saturated heterocycles. The van der Waals surface area contributed by atoms with Gasteiger partial charge in [0.05, 0.1) is 24.5 Å². The summed E-state index contributed by atoms with van der Waals surface area (Å²) in [5, 5.41) is 3.71. The Bertz CT molecular complexity index is 1420. The van der Waals surface area contributed by atoms with E-state index in [2.05, 4.69) is 5.32 Å². The molecule has 184 valence electrons. The third-order valence-corrected chi connectivity index (χ3v) is 7.27. The third-order valence-electron chi connectivity index (χ3n) is 5.88. The summed E-state index contributed by atoms with van der Waals surface area (Å²) < 4.78 is 26.4. The SMILES string of the molecule is Cc1ccc([C@@H](NC(=O)c2ccc(N(Cc3ccc(Cl)cc3)S(C)(=O)=O)cc2)c2ccccc2)cc1. The van der Waals surface area contributed by atoms with Crippen LogP contribution in [-0.4, -0.2) is 20.6 Å². The monoisotopic (exact) mass is 518 g/mol. The van der Waals surface area contributed by atoms with Gasteiger partial charge in [-0.3, -0.25) is 9.10 Å². The van der Waals surface area contributed by atoms with Crippen molar-refractivity contribution < 1.29 is 13.2 Å². The van der Waals surface area contributed by atoms with E-state index in [1.54, 1.807) is 48.5 Å². The molecule has 0 saturated carbocycles. The number of halogens is 1. The van der Waals surface area contributed by atoms with E-state index in [1.807, 2.05) is 61.5 Å². The van der Waals surface area contributed by atoms with Crippen LogP contribution in [0.25, 0.3) is 0 Å².